The monoisotopic (exact) mass is 430 g/mol. The number of aliphatic imine (C=N–C) groups is 1. The van der Waals surface area contributed by atoms with Gasteiger partial charge in [0.25, 0.3) is 10.2 Å². The number of aromatic nitrogens is 2. The summed E-state index contributed by atoms with van der Waals surface area (Å²) in [5, 5.41) is 5.08. The van der Waals surface area contributed by atoms with E-state index < -0.39 is 15.8 Å². The highest BCUT2D eigenvalue weighted by Crippen LogP contribution is 2.39. The first-order chi connectivity index (χ1) is 14.1. The molecule has 1 aliphatic carbocycles. The van der Waals surface area contributed by atoms with Gasteiger partial charge in [-0.15, -0.1) is 0 Å². The summed E-state index contributed by atoms with van der Waals surface area (Å²) in [5.41, 5.74) is 8.69. The SMILES string of the molecule is CC1(C)Oc2ncnc(N)c2N=C1c1ccc([C@H]2CC[C@H](NS(N)(=O)=O)CC2)cc1. The average Bonchev–Trinajstić information content (AvgIpc) is 2.67. The van der Waals surface area contributed by atoms with Crippen molar-refractivity contribution in [2.45, 2.75) is 57.1 Å². The predicted molar refractivity (Wildman–Crippen MR) is 115 cm³/mol. The molecule has 1 aliphatic heterocycles. The van der Waals surface area contributed by atoms with Crippen molar-refractivity contribution >= 4 is 27.4 Å². The van der Waals surface area contributed by atoms with Crippen LogP contribution < -0.4 is 20.3 Å². The van der Waals surface area contributed by atoms with Gasteiger partial charge in [0.1, 0.15) is 11.9 Å². The number of rotatable bonds is 4. The third-order valence-corrected chi connectivity index (χ3v) is 6.34. The molecular formula is C20H26N6O3S. The van der Waals surface area contributed by atoms with Crippen LogP contribution >= 0.6 is 0 Å². The van der Waals surface area contributed by atoms with Crippen LogP contribution in [0.25, 0.3) is 0 Å². The average molecular weight is 431 g/mol. The fraction of sp³-hybridized carbons (Fsp3) is 0.450. The number of hydrogen-bond donors (Lipinski definition) is 3. The lowest BCUT2D eigenvalue weighted by Crippen LogP contribution is -2.41. The lowest BCUT2D eigenvalue weighted by atomic mass is 9.81. The van der Waals surface area contributed by atoms with E-state index in [1.54, 1.807) is 0 Å². The molecule has 4 rings (SSSR count). The number of nitrogens with zero attached hydrogens (tertiary/aromatic N) is 3. The second kappa shape index (κ2) is 7.60. The lowest BCUT2D eigenvalue weighted by Gasteiger charge is -2.32. The van der Waals surface area contributed by atoms with Crippen LogP contribution in [0.2, 0.25) is 0 Å². The van der Waals surface area contributed by atoms with E-state index in [1.807, 2.05) is 26.0 Å². The van der Waals surface area contributed by atoms with E-state index in [0.29, 0.717) is 17.5 Å². The van der Waals surface area contributed by atoms with Crippen molar-refractivity contribution in [2.24, 2.45) is 10.1 Å². The molecule has 0 unspecified atom stereocenters. The number of nitrogens with one attached hydrogen (secondary N) is 1. The van der Waals surface area contributed by atoms with E-state index in [-0.39, 0.29) is 11.9 Å². The molecule has 30 heavy (non-hydrogen) atoms. The first kappa shape index (κ1) is 20.7. The summed E-state index contributed by atoms with van der Waals surface area (Å²) in [6.45, 7) is 3.89. The van der Waals surface area contributed by atoms with Crippen LogP contribution in [0.5, 0.6) is 5.88 Å². The third kappa shape index (κ3) is 4.30. The number of ether oxygens (including phenoxy) is 1. The zero-order chi connectivity index (χ0) is 21.5. The van der Waals surface area contributed by atoms with Crippen LogP contribution in [0.1, 0.15) is 56.6 Å². The Bertz CT molecular complexity index is 1070. The van der Waals surface area contributed by atoms with Crippen molar-refractivity contribution in [3.8, 4) is 5.88 Å². The van der Waals surface area contributed by atoms with E-state index in [9.17, 15) is 8.42 Å². The number of anilines is 1. The Hall–Kier alpha value is -2.56. The molecule has 2 heterocycles. The molecule has 0 saturated heterocycles. The highest BCUT2D eigenvalue weighted by atomic mass is 32.2. The van der Waals surface area contributed by atoms with Crippen molar-refractivity contribution in [3.63, 3.8) is 0 Å². The highest BCUT2D eigenvalue weighted by molar-refractivity contribution is 7.87. The molecule has 10 heteroatoms. The van der Waals surface area contributed by atoms with Crippen LogP contribution in [-0.2, 0) is 10.2 Å². The molecule has 2 aliphatic rings. The molecule has 0 radical (unpaired) electrons. The van der Waals surface area contributed by atoms with Gasteiger partial charge in [-0.25, -0.2) is 15.1 Å². The van der Waals surface area contributed by atoms with Gasteiger partial charge in [-0.2, -0.15) is 18.1 Å². The molecule has 1 aromatic heterocycles. The van der Waals surface area contributed by atoms with Gasteiger partial charge in [0.15, 0.2) is 11.5 Å². The lowest BCUT2D eigenvalue weighted by molar-refractivity contribution is 0.171. The number of fused-ring (bicyclic) bond motifs is 1. The van der Waals surface area contributed by atoms with E-state index >= 15 is 0 Å². The topological polar surface area (TPSA) is 146 Å². The zero-order valence-corrected chi connectivity index (χ0v) is 17.8. The van der Waals surface area contributed by atoms with Gasteiger partial charge in [0.2, 0.25) is 5.88 Å². The summed E-state index contributed by atoms with van der Waals surface area (Å²) in [7, 11) is -3.65. The summed E-state index contributed by atoms with van der Waals surface area (Å²) >= 11 is 0. The van der Waals surface area contributed by atoms with Crippen molar-refractivity contribution in [2.75, 3.05) is 5.73 Å². The zero-order valence-electron chi connectivity index (χ0n) is 17.0. The van der Waals surface area contributed by atoms with Gasteiger partial charge in [-0.05, 0) is 51.0 Å². The van der Waals surface area contributed by atoms with E-state index in [4.69, 9.17) is 20.6 Å². The fourth-order valence-corrected chi connectivity index (χ4v) is 4.89. The molecule has 160 valence electrons. The Morgan fingerprint density at radius 1 is 1.10 bits per heavy atom. The summed E-state index contributed by atoms with van der Waals surface area (Å²) < 4.78 is 31.0. The minimum atomic E-state index is -3.65. The Kier molecular flexibility index (Phi) is 5.25. The number of nitrogens with two attached hydrogens (primary N) is 2. The van der Waals surface area contributed by atoms with Crippen LogP contribution in [0, 0.1) is 0 Å². The first-order valence-electron chi connectivity index (χ1n) is 9.91. The molecule has 1 saturated carbocycles. The summed E-state index contributed by atoms with van der Waals surface area (Å²) in [6.07, 6.45) is 4.72. The van der Waals surface area contributed by atoms with Crippen molar-refractivity contribution in [1.82, 2.24) is 14.7 Å². The maximum absolute atomic E-state index is 11.2. The standard InChI is InChI=1S/C20H26N6O3S/c1-20(2)17(25-16-18(21)23-11-24-19(16)29-20)14-5-3-12(4-6-14)13-7-9-15(10-8-13)26-30(22,27)28/h3-6,11,13,15,26H,7-10H2,1-2H3,(H2,21,23,24)(H2,22,27,28)/t13-,15-. The first-order valence-corrected chi connectivity index (χ1v) is 11.5. The van der Waals surface area contributed by atoms with Gasteiger partial charge in [0.05, 0.1) is 5.71 Å². The maximum atomic E-state index is 11.2. The normalized spacial score (nSPS) is 23.2. The Labute approximate surface area is 176 Å². The Morgan fingerprint density at radius 3 is 2.40 bits per heavy atom. The molecule has 5 N–H and O–H groups in total. The largest absolute Gasteiger partial charge is 0.463 e. The molecule has 1 fully saturated rings. The Morgan fingerprint density at radius 2 is 1.77 bits per heavy atom. The highest BCUT2D eigenvalue weighted by Gasteiger charge is 2.35. The van der Waals surface area contributed by atoms with Crippen molar-refractivity contribution in [1.29, 1.82) is 0 Å². The molecule has 0 atom stereocenters. The second-order valence-corrected chi connectivity index (χ2v) is 9.64. The van der Waals surface area contributed by atoms with Gasteiger partial charge in [-0.1, -0.05) is 24.3 Å². The van der Waals surface area contributed by atoms with E-state index in [2.05, 4.69) is 26.8 Å². The fourth-order valence-electron chi connectivity index (χ4n) is 4.19. The number of nitrogen functional groups attached to an aromatic ring is 1. The van der Waals surface area contributed by atoms with E-state index in [0.717, 1.165) is 37.0 Å². The van der Waals surface area contributed by atoms with Crippen LogP contribution in [0.15, 0.2) is 35.6 Å². The molecular weight excluding hydrogens is 404 g/mol. The third-order valence-electron chi connectivity index (χ3n) is 5.68. The van der Waals surface area contributed by atoms with Gasteiger partial charge in [0, 0.05) is 11.6 Å². The van der Waals surface area contributed by atoms with Crippen LogP contribution in [0.4, 0.5) is 11.5 Å². The minimum absolute atomic E-state index is 0.0854. The van der Waals surface area contributed by atoms with Crippen LogP contribution in [0.3, 0.4) is 0 Å². The van der Waals surface area contributed by atoms with E-state index in [1.165, 1.54) is 11.9 Å². The van der Waals surface area contributed by atoms with Crippen LogP contribution in [-0.4, -0.2) is 35.7 Å². The summed E-state index contributed by atoms with van der Waals surface area (Å²) in [5.74, 6) is 1.06. The van der Waals surface area contributed by atoms with Gasteiger partial charge >= 0.3 is 0 Å². The van der Waals surface area contributed by atoms with Crippen molar-refractivity contribution < 1.29 is 13.2 Å². The van der Waals surface area contributed by atoms with Gasteiger partial charge < -0.3 is 10.5 Å². The molecule has 9 nitrogen and oxygen atoms in total. The quantitative estimate of drug-likeness (QED) is 0.677. The predicted octanol–water partition coefficient (Wildman–Crippen LogP) is 2.17. The maximum Gasteiger partial charge on any atom is 0.274 e. The molecule has 0 bridgehead atoms. The van der Waals surface area contributed by atoms with Crippen molar-refractivity contribution in [3.05, 3.63) is 41.7 Å². The minimum Gasteiger partial charge on any atom is -0.463 e. The number of hydrogen-bond acceptors (Lipinski definition) is 7. The summed E-state index contributed by atoms with van der Waals surface area (Å²) in [4.78, 5) is 12.9. The second-order valence-electron chi connectivity index (χ2n) is 8.32. The molecule has 1 aromatic carbocycles. The molecule has 0 spiro atoms. The summed E-state index contributed by atoms with van der Waals surface area (Å²) in [6, 6.07) is 8.20. The Balaban J connectivity index is 1.52. The van der Waals surface area contributed by atoms with Gasteiger partial charge in [-0.3, -0.25) is 0 Å². The number of benzene rings is 1. The molecule has 0 amide bonds. The smallest absolute Gasteiger partial charge is 0.274 e. The molecule has 2 aromatic rings.